The zero-order valence-corrected chi connectivity index (χ0v) is 18.0. The molecule has 0 N–H and O–H groups in total. The summed E-state index contributed by atoms with van der Waals surface area (Å²) in [5.41, 5.74) is 1.03. The van der Waals surface area contributed by atoms with Gasteiger partial charge in [-0.3, -0.25) is 14.9 Å². The van der Waals surface area contributed by atoms with Crippen LogP contribution in [0.2, 0.25) is 0 Å². The van der Waals surface area contributed by atoms with E-state index in [1.165, 1.54) is 23.5 Å². The van der Waals surface area contributed by atoms with Gasteiger partial charge in [-0.1, -0.05) is 29.5 Å². The van der Waals surface area contributed by atoms with Crippen molar-refractivity contribution in [1.29, 1.82) is 0 Å². The summed E-state index contributed by atoms with van der Waals surface area (Å²) in [5, 5.41) is 11.2. The van der Waals surface area contributed by atoms with Gasteiger partial charge in [0.15, 0.2) is 4.80 Å². The molecule has 162 valence electrons. The molecule has 0 aliphatic rings. The molecule has 0 saturated heterocycles. The standard InChI is InChI=1S/C23H19N3O5S/c1-30-14-13-25-20-15-17(26(28)29)9-12-21(20)32-23(25)24-22(27)16-7-10-19(11-8-16)31-18-5-3-2-4-6-18/h2-12,15H,13-14H2,1H3. The lowest BCUT2D eigenvalue weighted by atomic mass is 10.2. The number of non-ortho nitro benzene ring substituents is 1. The second-order valence-corrected chi connectivity index (χ2v) is 7.80. The fourth-order valence-corrected chi connectivity index (χ4v) is 4.13. The molecule has 0 fully saturated rings. The van der Waals surface area contributed by atoms with Gasteiger partial charge in [0.05, 0.1) is 21.7 Å². The highest BCUT2D eigenvalue weighted by Crippen LogP contribution is 2.24. The van der Waals surface area contributed by atoms with Gasteiger partial charge >= 0.3 is 0 Å². The largest absolute Gasteiger partial charge is 0.457 e. The lowest BCUT2D eigenvalue weighted by Gasteiger charge is -2.06. The van der Waals surface area contributed by atoms with Crippen LogP contribution in [0.25, 0.3) is 10.2 Å². The summed E-state index contributed by atoms with van der Waals surface area (Å²) < 4.78 is 13.5. The van der Waals surface area contributed by atoms with E-state index < -0.39 is 10.8 Å². The van der Waals surface area contributed by atoms with Gasteiger partial charge in [-0.2, -0.15) is 4.99 Å². The zero-order valence-electron chi connectivity index (χ0n) is 17.1. The molecule has 0 aliphatic carbocycles. The Morgan fingerprint density at radius 3 is 2.47 bits per heavy atom. The molecule has 32 heavy (non-hydrogen) atoms. The maximum atomic E-state index is 12.8. The van der Waals surface area contributed by atoms with Gasteiger partial charge in [-0.15, -0.1) is 0 Å². The molecule has 1 amide bonds. The van der Waals surface area contributed by atoms with E-state index in [1.54, 1.807) is 42.0 Å². The molecular weight excluding hydrogens is 430 g/mol. The number of carbonyl (C=O) groups excluding carboxylic acids is 1. The maximum Gasteiger partial charge on any atom is 0.279 e. The van der Waals surface area contributed by atoms with Crippen molar-refractivity contribution in [2.24, 2.45) is 4.99 Å². The fourth-order valence-electron chi connectivity index (χ4n) is 3.10. The number of amides is 1. The molecule has 3 aromatic carbocycles. The third-order valence-corrected chi connectivity index (χ3v) is 5.73. The van der Waals surface area contributed by atoms with Crippen LogP contribution in [0.4, 0.5) is 5.69 Å². The van der Waals surface area contributed by atoms with Gasteiger partial charge in [0.25, 0.3) is 11.6 Å². The van der Waals surface area contributed by atoms with E-state index in [0.717, 1.165) is 4.70 Å². The van der Waals surface area contributed by atoms with Crippen molar-refractivity contribution >= 4 is 33.1 Å². The lowest BCUT2D eigenvalue weighted by molar-refractivity contribution is -0.384. The summed E-state index contributed by atoms with van der Waals surface area (Å²) in [5.74, 6) is 0.899. The Hall–Kier alpha value is -3.82. The third kappa shape index (κ3) is 4.74. The van der Waals surface area contributed by atoms with Crippen LogP contribution in [-0.2, 0) is 11.3 Å². The second-order valence-electron chi connectivity index (χ2n) is 6.79. The quantitative estimate of drug-likeness (QED) is 0.299. The van der Waals surface area contributed by atoms with Crippen molar-refractivity contribution in [3.63, 3.8) is 0 Å². The summed E-state index contributed by atoms with van der Waals surface area (Å²) in [7, 11) is 1.57. The van der Waals surface area contributed by atoms with Crippen molar-refractivity contribution in [2.45, 2.75) is 6.54 Å². The number of methoxy groups -OCH3 is 1. The molecule has 0 spiro atoms. The zero-order chi connectivity index (χ0) is 22.5. The smallest absolute Gasteiger partial charge is 0.279 e. The number of benzene rings is 3. The van der Waals surface area contributed by atoms with Gasteiger partial charge in [0.1, 0.15) is 11.5 Å². The molecule has 0 atom stereocenters. The van der Waals surface area contributed by atoms with Crippen molar-refractivity contribution < 1.29 is 19.2 Å². The van der Waals surface area contributed by atoms with Crippen molar-refractivity contribution in [3.05, 3.63) is 93.3 Å². The number of thiazole rings is 1. The Labute approximate surface area is 187 Å². The van der Waals surface area contributed by atoms with Gasteiger partial charge < -0.3 is 14.0 Å². The number of hydrogen-bond acceptors (Lipinski definition) is 6. The van der Waals surface area contributed by atoms with Crippen LogP contribution in [0.15, 0.2) is 77.8 Å². The summed E-state index contributed by atoms with van der Waals surface area (Å²) >= 11 is 1.30. The van der Waals surface area contributed by atoms with Crippen LogP contribution in [0.5, 0.6) is 11.5 Å². The van der Waals surface area contributed by atoms with Crippen LogP contribution in [0, 0.1) is 10.1 Å². The Morgan fingerprint density at radius 2 is 1.78 bits per heavy atom. The van der Waals surface area contributed by atoms with Crippen LogP contribution in [-0.4, -0.2) is 29.1 Å². The topological polar surface area (TPSA) is 96.0 Å². The van der Waals surface area contributed by atoms with Gasteiger partial charge in [0, 0.05) is 31.4 Å². The predicted molar refractivity (Wildman–Crippen MR) is 121 cm³/mol. The lowest BCUT2D eigenvalue weighted by Crippen LogP contribution is -2.19. The Bertz CT molecular complexity index is 1330. The van der Waals surface area contributed by atoms with E-state index >= 15 is 0 Å². The predicted octanol–water partition coefficient (Wildman–Crippen LogP) is 4.79. The SMILES string of the molecule is COCCn1c(=NC(=O)c2ccc(Oc3ccccc3)cc2)sc2ccc([N+](=O)[O-])cc21. The third-order valence-electron chi connectivity index (χ3n) is 4.67. The minimum Gasteiger partial charge on any atom is -0.457 e. The molecule has 4 rings (SSSR count). The molecule has 0 radical (unpaired) electrons. The number of rotatable bonds is 7. The van der Waals surface area contributed by atoms with Crippen molar-refractivity contribution in [2.75, 3.05) is 13.7 Å². The molecule has 4 aromatic rings. The molecule has 0 saturated carbocycles. The highest BCUT2D eigenvalue weighted by molar-refractivity contribution is 7.16. The van der Waals surface area contributed by atoms with Gasteiger partial charge in [-0.25, -0.2) is 0 Å². The normalized spacial score (nSPS) is 11.6. The molecule has 9 heteroatoms. The summed E-state index contributed by atoms with van der Waals surface area (Å²) in [6, 6.07) is 20.7. The number of nitro benzene ring substituents is 1. The molecular formula is C23H19N3O5S. The number of para-hydroxylation sites is 1. The minimum atomic E-state index is -0.446. The first-order valence-corrected chi connectivity index (χ1v) is 10.6. The fraction of sp³-hybridized carbons (Fsp3) is 0.130. The molecule has 0 aliphatic heterocycles. The minimum absolute atomic E-state index is 0.0200. The van der Waals surface area contributed by atoms with Gasteiger partial charge in [0.2, 0.25) is 0 Å². The first-order valence-electron chi connectivity index (χ1n) is 9.74. The number of aromatic nitrogens is 1. The molecule has 1 heterocycles. The van der Waals surface area contributed by atoms with E-state index in [-0.39, 0.29) is 5.69 Å². The summed E-state index contributed by atoms with van der Waals surface area (Å²) in [6.07, 6.45) is 0. The number of nitrogens with zero attached hydrogens (tertiary/aromatic N) is 3. The molecule has 1 aromatic heterocycles. The molecule has 0 bridgehead atoms. The van der Waals surface area contributed by atoms with Crippen LogP contribution < -0.4 is 9.54 Å². The number of fused-ring (bicyclic) bond motifs is 1. The molecule has 8 nitrogen and oxygen atoms in total. The maximum absolute atomic E-state index is 12.8. The first-order chi connectivity index (χ1) is 15.5. The monoisotopic (exact) mass is 449 g/mol. The summed E-state index contributed by atoms with van der Waals surface area (Å²) in [6.45, 7) is 0.787. The van der Waals surface area contributed by atoms with E-state index in [9.17, 15) is 14.9 Å². The average molecular weight is 449 g/mol. The second kappa shape index (κ2) is 9.54. The number of hydrogen-bond donors (Lipinski definition) is 0. The Balaban J connectivity index is 1.65. The first kappa shape index (κ1) is 21.4. The van der Waals surface area contributed by atoms with Crippen molar-refractivity contribution in [3.8, 4) is 11.5 Å². The number of ether oxygens (including phenoxy) is 2. The Morgan fingerprint density at radius 1 is 1.06 bits per heavy atom. The van der Waals surface area contributed by atoms with Gasteiger partial charge in [-0.05, 0) is 42.5 Å². The van der Waals surface area contributed by atoms with E-state index in [0.29, 0.717) is 40.5 Å². The highest BCUT2D eigenvalue weighted by atomic mass is 32.1. The summed E-state index contributed by atoms with van der Waals surface area (Å²) in [4.78, 5) is 28.3. The number of nitro groups is 1. The number of carbonyl (C=O) groups is 1. The van der Waals surface area contributed by atoms with Crippen molar-refractivity contribution in [1.82, 2.24) is 4.57 Å². The van der Waals surface area contributed by atoms with Crippen LogP contribution >= 0.6 is 11.3 Å². The average Bonchev–Trinajstić information content (AvgIpc) is 3.14. The van der Waals surface area contributed by atoms with E-state index in [2.05, 4.69) is 4.99 Å². The molecule has 0 unspecified atom stereocenters. The Kier molecular flexibility index (Phi) is 6.39. The van der Waals surface area contributed by atoms with Crippen LogP contribution in [0.1, 0.15) is 10.4 Å². The van der Waals surface area contributed by atoms with E-state index in [4.69, 9.17) is 9.47 Å². The van der Waals surface area contributed by atoms with E-state index in [1.807, 2.05) is 30.3 Å². The highest BCUT2D eigenvalue weighted by Gasteiger charge is 2.13. The van der Waals surface area contributed by atoms with Crippen LogP contribution in [0.3, 0.4) is 0 Å².